The van der Waals surface area contributed by atoms with Crippen molar-refractivity contribution >= 4 is 23.3 Å². The van der Waals surface area contributed by atoms with E-state index in [2.05, 4.69) is 30.8 Å². The number of aryl methyl sites for hydroxylation is 1. The smallest absolute Gasteiger partial charge is 0.323 e. The van der Waals surface area contributed by atoms with Crippen LogP contribution >= 0.6 is 0 Å². The number of aromatic amines is 1. The lowest BCUT2D eigenvalue weighted by atomic mass is 10.1. The van der Waals surface area contributed by atoms with Gasteiger partial charge in [-0.15, -0.1) is 0 Å². The summed E-state index contributed by atoms with van der Waals surface area (Å²) >= 11 is 0. The van der Waals surface area contributed by atoms with Crippen molar-refractivity contribution in [1.82, 2.24) is 20.2 Å². The standard InChI is InChI=1S/C32H34F2N6O4/c1-20-3-5-25(33)28(15-20)39-32(43)38-27-6-4-23(17-26(27)34)44-24-7-11-35-30(18-24)29-16-21(19-37-29)31(42)36-10-2-12-40-13-8-22(41)9-14-40/h3-7,11,15-19,22,37,41H,2,8-10,12-14H2,1H3,(H,36,42)(H2,38,39,43). The topological polar surface area (TPSA) is 132 Å². The third kappa shape index (κ3) is 8.17. The molecule has 0 unspecified atom stereocenters. The Morgan fingerprint density at radius 2 is 1.77 bits per heavy atom. The Morgan fingerprint density at radius 1 is 1.00 bits per heavy atom. The SMILES string of the molecule is Cc1ccc(F)c(NC(=O)Nc2ccc(Oc3ccnc(-c4cc(C(=O)NCCCN5CCC(O)CC5)c[nH]4)c3)cc2F)c1. The van der Waals surface area contributed by atoms with Crippen LogP contribution in [0.3, 0.4) is 0 Å². The van der Waals surface area contributed by atoms with Gasteiger partial charge in [0.1, 0.15) is 23.1 Å². The van der Waals surface area contributed by atoms with E-state index in [0.29, 0.717) is 29.2 Å². The number of hydrogen-bond donors (Lipinski definition) is 5. The number of aliphatic hydroxyl groups excluding tert-OH is 1. The predicted molar refractivity (Wildman–Crippen MR) is 163 cm³/mol. The molecule has 0 bridgehead atoms. The highest BCUT2D eigenvalue weighted by Crippen LogP contribution is 2.28. The zero-order valence-electron chi connectivity index (χ0n) is 24.2. The van der Waals surface area contributed by atoms with Gasteiger partial charge in [-0.1, -0.05) is 6.07 Å². The van der Waals surface area contributed by atoms with E-state index in [-0.39, 0.29) is 29.1 Å². The van der Waals surface area contributed by atoms with Crippen LogP contribution in [0.2, 0.25) is 0 Å². The molecule has 0 saturated carbocycles. The maximum absolute atomic E-state index is 14.8. The molecular formula is C32H34F2N6O4. The van der Waals surface area contributed by atoms with Crippen LogP contribution in [-0.4, -0.2) is 64.2 Å². The Hall–Kier alpha value is -4.81. The molecule has 2 aromatic heterocycles. The Bertz CT molecular complexity index is 1620. The number of rotatable bonds is 10. The molecule has 0 radical (unpaired) electrons. The molecule has 1 fully saturated rings. The first-order valence-corrected chi connectivity index (χ1v) is 14.4. The van der Waals surface area contributed by atoms with Crippen LogP contribution in [0.4, 0.5) is 25.0 Å². The van der Waals surface area contributed by atoms with Crippen molar-refractivity contribution in [2.45, 2.75) is 32.3 Å². The number of H-pyrrole nitrogens is 1. The van der Waals surface area contributed by atoms with Gasteiger partial charge in [-0.2, -0.15) is 0 Å². The average Bonchev–Trinajstić information content (AvgIpc) is 3.50. The van der Waals surface area contributed by atoms with Gasteiger partial charge in [0.2, 0.25) is 0 Å². The highest BCUT2D eigenvalue weighted by molar-refractivity contribution is 6.00. The van der Waals surface area contributed by atoms with Gasteiger partial charge in [0.05, 0.1) is 34.4 Å². The quantitative estimate of drug-likeness (QED) is 0.148. The molecule has 5 rings (SSSR count). The number of carbonyl (C=O) groups is 2. The summed E-state index contributed by atoms with van der Waals surface area (Å²) in [5, 5.41) is 17.3. The molecule has 4 aromatic rings. The first kappa shape index (κ1) is 30.6. The van der Waals surface area contributed by atoms with E-state index in [1.807, 2.05) is 0 Å². The monoisotopic (exact) mass is 604 g/mol. The van der Waals surface area contributed by atoms with E-state index in [4.69, 9.17) is 4.74 Å². The summed E-state index contributed by atoms with van der Waals surface area (Å²) in [6, 6.07) is 12.4. The minimum Gasteiger partial charge on any atom is -0.457 e. The number of benzene rings is 2. The van der Waals surface area contributed by atoms with Crippen molar-refractivity contribution in [2.75, 3.05) is 36.8 Å². The van der Waals surface area contributed by atoms with Crippen molar-refractivity contribution in [3.05, 3.63) is 89.8 Å². The third-order valence-electron chi connectivity index (χ3n) is 7.24. The fourth-order valence-electron chi connectivity index (χ4n) is 4.85. The molecule has 10 nitrogen and oxygen atoms in total. The van der Waals surface area contributed by atoms with Crippen molar-refractivity contribution in [3.8, 4) is 22.9 Å². The normalized spacial score (nSPS) is 13.8. The molecule has 44 heavy (non-hydrogen) atoms. The largest absolute Gasteiger partial charge is 0.457 e. The Labute approximate surface area is 253 Å². The summed E-state index contributed by atoms with van der Waals surface area (Å²) in [4.78, 5) is 34.6. The first-order chi connectivity index (χ1) is 21.2. The number of urea groups is 1. The second-order valence-corrected chi connectivity index (χ2v) is 10.7. The number of anilines is 2. The zero-order valence-corrected chi connectivity index (χ0v) is 24.2. The van der Waals surface area contributed by atoms with E-state index < -0.39 is 17.7 Å². The van der Waals surface area contributed by atoms with Gasteiger partial charge < -0.3 is 35.7 Å². The molecule has 230 valence electrons. The van der Waals surface area contributed by atoms with Crippen LogP contribution in [0.25, 0.3) is 11.4 Å². The number of aliphatic hydroxyl groups is 1. The summed E-state index contributed by atoms with van der Waals surface area (Å²) in [7, 11) is 0. The van der Waals surface area contributed by atoms with E-state index in [0.717, 1.165) is 50.5 Å². The van der Waals surface area contributed by atoms with E-state index >= 15 is 0 Å². The molecule has 2 aromatic carbocycles. The van der Waals surface area contributed by atoms with Crippen LogP contribution in [0, 0.1) is 18.6 Å². The molecule has 3 amide bonds. The molecule has 3 heterocycles. The summed E-state index contributed by atoms with van der Waals surface area (Å²) in [6.45, 7) is 4.92. The van der Waals surface area contributed by atoms with Crippen LogP contribution in [0.5, 0.6) is 11.5 Å². The lowest BCUT2D eigenvalue weighted by molar-refractivity contribution is 0.0816. The summed E-state index contributed by atoms with van der Waals surface area (Å²) in [5.41, 5.74) is 2.23. The maximum atomic E-state index is 14.8. The lowest BCUT2D eigenvalue weighted by Crippen LogP contribution is -2.37. The minimum absolute atomic E-state index is 0.0165. The van der Waals surface area contributed by atoms with Crippen LogP contribution < -0.4 is 20.7 Å². The average molecular weight is 605 g/mol. The van der Waals surface area contributed by atoms with Gasteiger partial charge in [0.15, 0.2) is 0 Å². The summed E-state index contributed by atoms with van der Waals surface area (Å²) in [6.07, 6.45) is 5.34. The number of carbonyl (C=O) groups excluding carboxylic acids is 2. The number of ether oxygens (including phenoxy) is 1. The van der Waals surface area contributed by atoms with E-state index in [1.54, 1.807) is 37.4 Å². The second-order valence-electron chi connectivity index (χ2n) is 10.7. The number of likely N-dealkylation sites (tertiary alicyclic amines) is 1. The van der Waals surface area contributed by atoms with Crippen molar-refractivity contribution in [1.29, 1.82) is 0 Å². The number of pyridine rings is 1. The Kier molecular flexibility index (Phi) is 9.82. The van der Waals surface area contributed by atoms with E-state index in [1.165, 1.54) is 30.5 Å². The molecule has 1 aliphatic rings. The lowest BCUT2D eigenvalue weighted by Gasteiger charge is -2.29. The van der Waals surface area contributed by atoms with Crippen molar-refractivity contribution < 1.29 is 28.2 Å². The molecule has 0 spiro atoms. The Morgan fingerprint density at radius 3 is 2.57 bits per heavy atom. The highest BCUT2D eigenvalue weighted by atomic mass is 19.1. The van der Waals surface area contributed by atoms with Gasteiger partial charge in [0, 0.05) is 44.2 Å². The number of halogens is 2. The second kappa shape index (κ2) is 14.1. The molecule has 1 aliphatic heterocycles. The molecule has 12 heteroatoms. The number of nitrogens with zero attached hydrogens (tertiary/aromatic N) is 2. The van der Waals surface area contributed by atoms with Gasteiger partial charge in [-0.25, -0.2) is 13.6 Å². The molecule has 0 aliphatic carbocycles. The van der Waals surface area contributed by atoms with Crippen molar-refractivity contribution in [2.24, 2.45) is 0 Å². The zero-order chi connectivity index (χ0) is 31.1. The number of nitrogens with one attached hydrogen (secondary N) is 4. The number of amides is 3. The predicted octanol–water partition coefficient (Wildman–Crippen LogP) is 5.68. The molecule has 0 atom stereocenters. The fourth-order valence-corrected chi connectivity index (χ4v) is 4.85. The number of aromatic nitrogens is 2. The maximum Gasteiger partial charge on any atom is 0.323 e. The minimum atomic E-state index is -0.793. The highest BCUT2D eigenvalue weighted by Gasteiger charge is 2.17. The Balaban J connectivity index is 1.13. The van der Waals surface area contributed by atoms with Gasteiger partial charge in [-0.3, -0.25) is 9.78 Å². The third-order valence-corrected chi connectivity index (χ3v) is 7.24. The van der Waals surface area contributed by atoms with Crippen LogP contribution in [-0.2, 0) is 0 Å². The summed E-state index contributed by atoms with van der Waals surface area (Å²) in [5.74, 6) is -0.981. The van der Waals surface area contributed by atoms with Crippen LogP contribution in [0.1, 0.15) is 35.2 Å². The summed E-state index contributed by atoms with van der Waals surface area (Å²) < 4.78 is 34.5. The number of hydrogen-bond acceptors (Lipinski definition) is 6. The molecule has 5 N–H and O–H groups in total. The fraction of sp³-hybridized carbons (Fsp3) is 0.281. The first-order valence-electron chi connectivity index (χ1n) is 14.4. The van der Waals surface area contributed by atoms with Gasteiger partial charge >= 0.3 is 6.03 Å². The van der Waals surface area contributed by atoms with Crippen LogP contribution in [0.15, 0.2) is 67.0 Å². The van der Waals surface area contributed by atoms with Crippen molar-refractivity contribution in [3.63, 3.8) is 0 Å². The number of piperidine rings is 1. The molecule has 1 saturated heterocycles. The van der Waals surface area contributed by atoms with Gasteiger partial charge in [0.25, 0.3) is 5.91 Å². The van der Waals surface area contributed by atoms with Gasteiger partial charge in [-0.05, 0) is 74.7 Å². The molecular weight excluding hydrogens is 570 g/mol. The van der Waals surface area contributed by atoms with E-state index in [9.17, 15) is 23.5 Å².